The highest BCUT2D eigenvalue weighted by Gasteiger charge is 2.28. The minimum Gasteiger partial charge on any atom is -0.424 e. The lowest BCUT2D eigenvalue weighted by atomic mass is 9.95. The number of aliphatic hydroxyl groups is 1. The van der Waals surface area contributed by atoms with Crippen molar-refractivity contribution in [2.75, 3.05) is 25.8 Å². The standard InChI is InChI=1S/C13H17N2O5P.C6H15N/c14-13(17)12-7-11(4-5-15-12)20-21(18,19)8-9-2-1-3-10(16)6-9;1-4-7(5-2)6-3/h1-2,4-5,7,9-10,16H,3,6,8H2,(H2,14,17)(H,18,19);4-6H2,1-3H3/t9-,10+;/m1./s1. The van der Waals surface area contributed by atoms with Gasteiger partial charge in [-0.25, -0.2) is 4.57 Å². The largest absolute Gasteiger partial charge is 0.424 e. The first-order valence-corrected chi connectivity index (χ1v) is 11.3. The molecule has 1 aliphatic rings. The van der Waals surface area contributed by atoms with Crippen molar-refractivity contribution < 1.29 is 23.9 Å². The van der Waals surface area contributed by atoms with Crippen LogP contribution >= 0.6 is 7.60 Å². The van der Waals surface area contributed by atoms with Crippen molar-refractivity contribution in [1.82, 2.24) is 9.88 Å². The normalized spacial score (nSPS) is 20.8. The van der Waals surface area contributed by atoms with E-state index < -0.39 is 19.6 Å². The van der Waals surface area contributed by atoms with Gasteiger partial charge in [0, 0.05) is 12.3 Å². The summed E-state index contributed by atoms with van der Waals surface area (Å²) in [5.74, 6) is -0.904. The van der Waals surface area contributed by atoms with Crippen LogP contribution < -0.4 is 10.3 Å². The Labute approximate surface area is 166 Å². The van der Waals surface area contributed by atoms with Crippen LogP contribution in [0.25, 0.3) is 0 Å². The van der Waals surface area contributed by atoms with Crippen LogP contribution in [0.15, 0.2) is 30.5 Å². The van der Waals surface area contributed by atoms with E-state index in [1.165, 1.54) is 38.0 Å². The molecule has 158 valence electrons. The minimum atomic E-state index is -3.90. The highest BCUT2D eigenvalue weighted by Crippen LogP contribution is 2.45. The quantitative estimate of drug-likeness (QED) is 0.441. The van der Waals surface area contributed by atoms with E-state index >= 15 is 0 Å². The molecule has 0 radical (unpaired) electrons. The van der Waals surface area contributed by atoms with Gasteiger partial charge in [0.2, 0.25) is 0 Å². The van der Waals surface area contributed by atoms with Gasteiger partial charge in [0.15, 0.2) is 0 Å². The van der Waals surface area contributed by atoms with E-state index in [-0.39, 0.29) is 23.5 Å². The molecule has 8 nitrogen and oxygen atoms in total. The SMILES string of the molecule is CCN(CC)CC.NC(=O)c1cc(OP(=O)(O)C[C@@H]2C=CC[C@H](O)C2)ccn1. The second kappa shape index (κ2) is 12.0. The van der Waals surface area contributed by atoms with Gasteiger partial charge in [-0.05, 0) is 44.5 Å². The molecule has 0 aliphatic heterocycles. The molecule has 1 aliphatic carbocycles. The Balaban J connectivity index is 0.000000480. The van der Waals surface area contributed by atoms with E-state index in [2.05, 4.69) is 30.7 Å². The Morgan fingerprint density at radius 1 is 1.36 bits per heavy atom. The summed E-state index contributed by atoms with van der Waals surface area (Å²) in [6.07, 6.45) is 5.25. The number of aliphatic hydroxyl groups excluding tert-OH is 1. The predicted octanol–water partition coefficient (Wildman–Crippen LogP) is 2.42. The van der Waals surface area contributed by atoms with E-state index in [1.54, 1.807) is 12.2 Å². The third-order valence-corrected chi connectivity index (χ3v) is 5.86. The number of allylic oxidation sites excluding steroid dienone is 1. The molecule has 2 rings (SSSR count). The summed E-state index contributed by atoms with van der Waals surface area (Å²) < 4.78 is 17.2. The molecule has 0 saturated carbocycles. The van der Waals surface area contributed by atoms with E-state index in [4.69, 9.17) is 10.3 Å². The van der Waals surface area contributed by atoms with E-state index in [0.717, 1.165) is 0 Å². The fourth-order valence-corrected chi connectivity index (χ4v) is 4.24. The maximum Gasteiger partial charge on any atom is 0.377 e. The zero-order chi connectivity index (χ0) is 21.2. The molecule has 9 heteroatoms. The van der Waals surface area contributed by atoms with Gasteiger partial charge in [-0.2, -0.15) is 0 Å². The summed E-state index contributed by atoms with van der Waals surface area (Å²) in [6, 6.07) is 2.59. The van der Waals surface area contributed by atoms with E-state index in [0.29, 0.717) is 12.8 Å². The number of nitrogens with zero attached hydrogens (tertiary/aromatic N) is 2. The second-order valence-electron chi connectivity index (χ2n) is 6.59. The van der Waals surface area contributed by atoms with Crippen molar-refractivity contribution in [2.24, 2.45) is 11.7 Å². The van der Waals surface area contributed by atoms with Crippen LogP contribution in [0.3, 0.4) is 0 Å². The number of hydrogen-bond donors (Lipinski definition) is 3. The lowest BCUT2D eigenvalue weighted by Crippen LogP contribution is -2.21. The number of aromatic nitrogens is 1. The van der Waals surface area contributed by atoms with Crippen molar-refractivity contribution in [3.8, 4) is 5.75 Å². The van der Waals surface area contributed by atoms with Gasteiger partial charge in [0.25, 0.3) is 5.91 Å². The van der Waals surface area contributed by atoms with Crippen LogP contribution in [0.1, 0.15) is 44.1 Å². The molecule has 4 N–H and O–H groups in total. The highest BCUT2D eigenvalue weighted by atomic mass is 31.2. The van der Waals surface area contributed by atoms with Crippen molar-refractivity contribution in [3.63, 3.8) is 0 Å². The van der Waals surface area contributed by atoms with Gasteiger partial charge in [0.1, 0.15) is 11.4 Å². The Hall–Kier alpha value is -1.73. The lowest BCUT2D eigenvalue weighted by Gasteiger charge is -2.23. The number of carbonyl (C=O) groups is 1. The predicted molar refractivity (Wildman–Crippen MR) is 109 cm³/mol. The summed E-state index contributed by atoms with van der Waals surface area (Å²) in [5.41, 5.74) is 5.04. The van der Waals surface area contributed by atoms with E-state index in [9.17, 15) is 19.4 Å². The molecule has 0 saturated heterocycles. The van der Waals surface area contributed by atoms with Crippen LogP contribution in [0, 0.1) is 5.92 Å². The Kier molecular flexibility index (Phi) is 10.4. The summed E-state index contributed by atoms with van der Waals surface area (Å²) in [6.45, 7) is 10.1. The van der Waals surface area contributed by atoms with Crippen LogP contribution in [-0.2, 0) is 4.57 Å². The van der Waals surface area contributed by atoms with Crippen LogP contribution in [-0.4, -0.2) is 57.7 Å². The average Bonchev–Trinajstić information content (AvgIpc) is 2.63. The Bertz CT molecular complexity index is 688. The molecule has 1 aromatic heterocycles. The highest BCUT2D eigenvalue weighted by molar-refractivity contribution is 7.53. The number of nitrogens with two attached hydrogens (primary N) is 1. The van der Waals surface area contributed by atoms with Gasteiger partial charge in [-0.1, -0.05) is 32.9 Å². The first-order valence-electron chi connectivity index (χ1n) is 9.55. The lowest BCUT2D eigenvalue weighted by molar-refractivity contribution is 0.0995. The minimum absolute atomic E-state index is 0.0412. The van der Waals surface area contributed by atoms with Crippen molar-refractivity contribution in [2.45, 2.75) is 39.7 Å². The Morgan fingerprint density at radius 2 is 2.00 bits per heavy atom. The molecule has 0 spiro atoms. The summed E-state index contributed by atoms with van der Waals surface area (Å²) >= 11 is 0. The number of pyridine rings is 1. The van der Waals surface area contributed by atoms with E-state index in [1.807, 2.05) is 0 Å². The summed E-state index contributed by atoms with van der Waals surface area (Å²) in [7, 11) is -3.90. The zero-order valence-electron chi connectivity index (χ0n) is 16.8. The third kappa shape index (κ3) is 8.97. The molecular weight excluding hydrogens is 381 g/mol. The molecule has 1 heterocycles. The number of hydrogen-bond acceptors (Lipinski definition) is 6. The maximum absolute atomic E-state index is 12.1. The number of primary amides is 1. The molecule has 3 atom stereocenters. The number of amides is 1. The van der Waals surface area contributed by atoms with Gasteiger partial charge in [-0.3, -0.25) is 9.78 Å². The first kappa shape index (κ1) is 24.3. The van der Waals surface area contributed by atoms with Gasteiger partial charge in [0.05, 0.1) is 12.3 Å². The zero-order valence-corrected chi connectivity index (χ0v) is 17.7. The summed E-state index contributed by atoms with van der Waals surface area (Å²) in [4.78, 5) is 27.0. The fourth-order valence-electron chi connectivity index (χ4n) is 2.86. The maximum atomic E-state index is 12.1. The smallest absolute Gasteiger partial charge is 0.377 e. The molecule has 1 amide bonds. The third-order valence-electron chi connectivity index (χ3n) is 4.43. The fraction of sp³-hybridized carbons (Fsp3) is 0.579. The van der Waals surface area contributed by atoms with Crippen molar-refractivity contribution >= 4 is 13.5 Å². The molecule has 0 bridgehead atoms. The monoisotopic (exact) mass is 413 g/mol. The molecule has 1 unspecified atom stereocenters. The molecule has 0 fully saturated rings. The van der Waals surface area contributed by atoms with Crippen molar-refractivity contribution in [1.29, 1.82) is 0 Å². The molecule has 1 aromatic rings. The van der Waals surface area contributed by atoms with Gasteiger partial charge >= 0.3 is 7.60 Å². The first-order chi connectivity index (χ1) is 13.2. The average molecular weight is 413 g/mol. The number of rotatable bonds is 8. The van der Waals surface area contributed by atoms with Crippen LogP contribution in [0.2, 0.25) is 0 Å². The van der Waals surface area contributed by atoms with Crippen LogP contribution in [0.4, 0.5) is 0 Å². The van der Waals surface area contributed by atoms with Crippen molar-refractivity contribution in [3.05, 3.63) is 36.2 Å². The van der Waals surface area contributed by atoms with Gasteiger partial charge in [-0.15, -0.1) is 0 Å². The van der Waals surface area contributed by atoms with Crippen LogP contribution in [0.5, 0.6) is 5.75 Å². The number of carbonyl (C=O) groups excluding carboxylic acids is 1. The summed E-state index contributed by atoms with van der Waals surface area (Å²) in [5, 5.41) is 9.54. The molecule has 0 aromatic carbocycles. The molecule has 28 heavy (non-hydrogen) atoms. The van der Waals surface area contributed by atoms with Gasteiger partial charge < -0.3 is 25.2 Å². The molecular formula is C19H32N3O5P. The topological polar surface area (TPSA) is 126 Å². The second-order valence-corrected chi connectivity index (χ2v) is 8.41. The Morgan fingerprint density at radius 3 is 2.50 bits per heavy atom.